The van der Waals surface area contributed by atoms with E-state index in [2.05, 4.69) is 10.3 Å². The fourth-order valence-corrected chi connectivity index (χ4v) is 1.88. The van der Waals surface area contributed by atoms with Gasteiger partial charge in [0.25, 0.3) is 0 Å². The molecule has 0 aliphatic rings. The van der Waals surface area contributed by atoms with Crippen molar-refractivity contribution in [2.75, 3.05) is 13.2 Å². The van der Waals surface area contributed by atoms with E-state index in [0.29, 0.717) is 13.1 Å². The molecule has 1 aromatic heterocycles. The fraction of sp³-hybridized carbons (Fsp3) is 0.312. The number of benzene rings is 1. The molecule has 2 N–H and O–H groups in total. The monoisotopic (exact) mass is 290 g/mol. The first kappa shape index (κ1) is 15.4. The number of aryl methyl sites for hydroxylation is 1. The topological polar surface area (TPSA) is 54.4 Å². The highest BCUT2D eigenvalue weighted by Crippen LogP contribution is 2.15. The van der Waals surface area contributed by atoms with Crippen molar-refractivity contribution < 1.29 is 14.2 Å². The minimum Gasteiger partial charge on any atom is -0.488 e. The molecule has 0 saturated heterocycles. The van der Waals surface area contributed by atoms with Crippen molar-refractivity contribution in [1.82, 2.24) is 10.3 Å². The molecule has 112 valence electrons. The lowest BCUT2D eigenvalue weighted by molar-refractivity contribution is 0.104. The van der Waals surface area contributed by atoms with Crippen LogP contribution in [-0.4, -0.2) is 29.3 Å². The summed E-state index contributed by atoms with van der Waals surface area (Å²) in [6.07, 6.45) is 2.84. The zero-order valence-electron chi connectivity index (χ0n) is 11.9. The number of hydrogen-bond acceptors (Lipinski definition) is 4. The van der Waals surface area contributed by atoms with Crippen LogP contribution < -0.4 is 10.1 Å². The van der Waals surface area contributed by atoms with Crippen LogP contribution in [0.3, 0.4) is 0 Å². The van der Waals surface area contributed by atoms with E-state index in [0.717, 1.165) is 11.1 Å². The highest BCUT2D eigenvalue weighted by Gasteiger charge is 2.08. The summed E-state index contributed by atoms with van der Waals surface area (Å²) in [5.41, 5.74) is 2.23. The van der Waals surface area contributed by atoms with Gasteiger partial charge < -0.3 is 15.2 Å². The molecule has 1 heterocycles. The molecule has 0 radical (unpaired) electrons. The van der Waals surface area contributed by atoms with Crippen molar-refractivity contribution >= 4 is 0 Å². The Bertz CT molecular complexity index is 578. The number of hydrogen-bond donors (Lipinski definition) is 2. The number of pyridine rings is 1. The van der Waals surface area contributed by atoms with E-state index in [1.807, 2.05) is 13.0 Å². The predicted octanol–water partition coefficient (Wildman–Crippen LogP) is 2.06. The third-order valence-electron chi connectivity index (χ3n) is 3.10. The normalized spacial score (nSPS) is 12.1. The average molecular weight is 290 g/mol. The molecular weight excluding hydrogens is 271 g/mol. The number of halogens is 1. The van der Waals surface area contributed by atoms with Crippen molar-refractivity contribution in [2.45, 2.75) is 19.6 Å². The van der Waals surface area contributed by atoms with Gasteiger partial charge >= 0.3 is 0 Å². The van der Waals surface area contributed by atoms with Gasteiger partial charge in [0, 0.05) is 25.5 Å². The molecule has 2 rings (SSSR count). The number of aliphatic hydroxyl groups excluding tert-OH is 1. The molecule has 4 nitrogen and oxygen atoms in total. The van der Waals surface area contributed by atoms with E-state index in [4.69, 9.17) is 4.74 Å². The Morgan fingerprint density at radius 3 is 2.90 bits per heavy atom. The molecule has 0 fully saturated rings. The minimum absolute atomic E-state index is 0.0449. The van der Waals surface area contributed by atoms with Gasteiger partial charge in [-0.2, -0.15) is 0 Å². The third kappa shape index (κ3) is 4.81. The number of nitrogens with zero attached hydrogens (tertiary/aromatic N) is 1. The van der Waals surface area contributed by atoms with E-state index >= 15 is 0 Å². The molecule has 0 aliphatic heterocycles. The Labute approximate surface area is 123 Å². The fourth-order valence-electron chi connectivity index (χ4n) is 1.88. The van der Waals surface area contributed by atoms with Crippen LogP contribution >= 0.6 is 0 Å². The average Bonchev–Trinajstić information content (AvgIpc) is 2.48. The predicted molar refractivity (Wildman–Crippen MR) is 78.6 cm³/mol. The summed E-state index contributed by atoms with van der Waals surface area (Å²) in [4.78, 5) is 4.03. The van der Waals surface area contributed by atoms with E-state index < -0.39 is 11.9 Å². The number of ether oxygens (including phenoxy) is 1. The molecule has 1 atom stereocenters. The molecule has 0 aliphatic carbocycles. The Balaban J connectivity index is 1.72. The third-order valence-corrected chi connectivity index (χ3v) is 3.10. The maximum absolute atomic E-state index is 13.3. The molecule has 0 amide bonds. The summed E-state index contributed by atoms with van der Waals surface area (Å²) in [6, 6.07) is 8.08. The van der Waals surface area contributed by atoms with Crippen molar-refractivity contribution in [2.24, 2.45) is 0 Å². The number of rotatable bonds is 7. The summed E-state index contributed by atoms with van der Waals surface area (Å²) < 4.78 is 18.6. The molecule has 2 aromatic rings. The van der Waals surface area contributed by atoms with Gasteiger partial charge in [0.05, 0.1) is 0 Å². The molecule has 0 bridgehead atoms. The summed E-state index contributed by atoms with van der Waals surface area (Å²) in [7, 11) is 0. The van der Waals surface area contributed by atoms with Crippen LogP contribution in [0.4, 0.5) is 4.39 Å². The van der Waals surface area contributed by atoms with Gasteiger partial charge in [-0.15, -0.1) is 0 Å². The van der Waals surface area contributed by atoms with Crippen LogP contribution in [0.5, 0.6) is 5.75 Å². The van der Waals surface area contributed by atoms with Gasteiger partial charge in [-0.3, -0.25) is 4.98 Å². The lowest BCUT2D eigenvalue weighted by atomic mass is 10.1. The van der Waals surface area contributed by atoms with Crippen LogP contribution in [-0.2, 0) is 6.54 Å². The van der Waals surface area contributed by atoms with E-state index in [-0.39, 0.29) is 12.4 Å². The zero-order chi connectivity index (χ0) is 15.1. The highest BCUT2D eigenvalue weighted by molar-refractivity contribution is 5.23. The zero-order valence-corrected chi connectivity index (χ0v) is 11.9. The molecule has 1 aromatic carbocycles. The lowest BCUT2D eigenvalue weighted by Gasteiger charge is -2.14. The second kappa shape index (κ2) is 7.71. The lowest BCUT2D eigenvalue weighted by Crippen LogP contribution is -2.31. The number of aliphatic hydroxyl groups is 1. The standard InChI is InChI=1S/C16H19FN2O2/c1-12-8-18-7-6-13(12)9-19-10-14(20)11-21-16-5-3-2-4-15(16)17/h2-8,14,19-20H,9-11H2,1H3. The smallest absolute Gasteiger partial charge is 0.165 e. The SMILES string of the molecule is Cc1cnccc1CNCC(O)COc1ccccc1F. The van der Waals surface area contributed by atoms with Crippen LogP contribution in [0.25, 0.3) is 0 Å². The number of para-hydroxylation sites is 1. The van der Waals surface area contributed by atoms with Crippen LogP contribution in [0.15, 0.2) is 42.7 Å². The van der Waals surface area contributed by atoms with E-state index in [9.17, 15) is 9.50 Å². The van der Waals surface area contributed by atoms with Crippen LogP contribution in [0.2, 0.25) is 0 Å². The highest BCUT2D eigenvalue weighted by atomic mass is 19.1. The summed E-state index contributed by atoms with van der Waals surface area (Å²) in [5, 5.41) is 13.0. The van der Waals surface area contributed by atoms with Crippen molar-refractivity contribution in [3.8, 4) is 5.75 Å². The first-order valence-electron chi connectivity index (χ1n) is 6.82. The first-order valence-corrected chi connectivity index (χ1v) is 6.82. The maximum atomic E-state index is 13.3. The molecule has 5 heteroatoms. The van der Waals surface area contributed by atoms with Gasteiger partial charge in [-0.05, 0) is 36.2 Å². The van der Waals surface area contributed by atoms with Gasteiger partial charge in [-0.25, -0.2) is 4.39 Å². The Morgan fingerprint density at radius 2 is 2.14 bits per heavy atom. The molecule has 0 spiro atoms. The summed E-state index contributed by atoms with van der Waals surface area (Å²) >= 11 is 0. The summed E-state index contributed by atoms with van der Waals surface area (Å²) in [6.45, 7) is 3.05. The van der Waals surface area contributed by atoms with Gasteiger partial charge in [-0.1, -0.05) is 12.1 Å². The van der Waals surface area contributed by atoms with Crippen LogP contribution in [0.1, 0.15) is 11.1 Å². The quantitative estimate of drug-likeness (QED) is 0.819. The van der Waals surface area contributed by atoms with E-state index in [1.54, 1.807) is 24.5 Å². The first-order chi connectivity index (χ1) is 10.2. The Morgan fingerprint density at radius 1 is 1.33 bits per heavy atom. The number of nitrogens with one attached hydrogen (secondary N) is 1. The largest absolute Gasteiger partial charge is 0.488 e. The number of aromatic nitrogens is 1. The van der Waals surface area contributed by atoms with Gasteiger partial charge in [0.15, 0.2) is 11.6 Å². The Kier molecular flexibility index (Phi) is 5.66. The Hall–Kier alpha value is -1.98. The van der Waals surface area contributed by atoms with Crippen molar-refractivity contribution in [3.05, 3.63) is 59.7 Å². The second-order valence-electron chi connectivity index (χ2n) is 4.83. The minimum atomic E-state index is -0.702. The molecular formula is C16H19FN2O2. The molecule has 1 unspecified atom stereocenters. The maximum Gasteiger partial charge on any atom is 0.165 e. The van der Waals surface area contributed by atoms with Crippen molar-refractivity contribution in [3.63, 3.8) is 0 Å². The van der Waals surface area contributed by atoms with E-state index in [1.165, 1.54) is 12.1 Å². The van der Waals surface area contributed by atoms with Gasteiger partial charge in [0.2, 0.25) is 0 Å². The second-order valence-corrected chi connectivity index (χ2v) is 4.83. The van der Waals surface area contributed by atoms with Crippen molar-refractivity contribution in [1.29, 1.82) is 0 Å². The molecule has 0 saturated carbocycles. The van der Waals surface area contributed by atoms with Crippen LogP contribution in [0, 0.1) is 12.7 Å². The summed E-state index contributed by atoms with van der Waals surface area (Å²) in [5.74, 6) is -0.272. The van der Waals surface area contributed by atoms with Gasteiger partial charge in [0.1, 0.15) is 12.7 Å². The molecule has 21 heavy (non-hydrogen) atoms.